The second kappa shape index (κ2) is 7.47. The van der Waals surface area contributed by atoms with Crippen molar-refractivity contribution in [3.8, 4) is 0 Å². The lowest BCUT2D eigenvalue weighted by Gasteiger charge is -2.16. The number of hydrogen-bond acceptors (Lipinski definition) is 2. The van der Waals surface area contributed by atoms with E-state index in [1.165, 1.54) is 0 Å². The van der Waals surface area contributed by atoms with Gasteiger partial charge >= 0.3 is 5.97 Å². The van der Waals surface area contributed by atoms with Gasteiger partial charge in [-0.15, -0.1) is 0 Å². The number of aliphatic carboxylic acids is 1. The normalized spacial score (nSPS) is 12.7. The van der Waals surface area contributed by atoms with Crippen molar-refractivity contribution in [1.82, 2.24) is 9.88 Å². The summed E-state index contributed by atoms with van der Waals surface area (Å²) in [5.74, 6) is -1.32. The van der Waals surface area contributed by atoms with Crippen LogP contribution in [0.5, 0.6) is 0 Å². The minimum absolute atomic E-state index is 0.164. The van der Waals surface area contributed by atoms with Crippen molar-refractivity contribution >= 4 is 11.9 Å². The van der Waals surface area contributed by atoms with Crippen molar-refractivity contribution in [1.29, 1.82) is 0 Å². The van der Waals surface area contributed by atoms with E-state index in [9.17, 15) is 14.7 Å². The molecule has 0 aromatic carbocycles. The van der Waals surface area contributed by atoms with Crippen LogP contribution in [0.4, 0.5) is 0 Å². The Balaban J connectivity index is 2.81. The molecule has 0 aliphatic rings. The van der Waals surface area contributed by atoms with Gasteiger partial charge in [0.2, 0.25) is 0 Å². The molecule has 0 radical (unpaired) electrons. The number of carboxylic acids is 1. The molecule has 0 saturated carbocycles. The van der Waals surface area contributed by atoms with Crippen LogP contribution in [0.15, 0.2) is 6.07 Å². The van der Waals surface area contributed by atoms with Crippen LogP contribution < -0.4 is 5.32 Å². The fraction of sp³-hybridized carbons (Fsp3) is 0.647. The molecular weight excluding hydrogens is 280 g/mol. The largest absolute Gasteiger partial charge is 0.481 e. The number of carbonyl (C=O) groups is 2. The van der Waals surface area contributed by atoms with Crippen LogP contribution >= 0.6 is 0 Å². The molecule has 0 aliphatic heterocycles. The first kappa shape index (κ1) is 18.3. The molecule has 2 N–H and O–H groups in total. The van der Waals surface area contributed by atoms with Gasteiger partial charge in [-0.25, -0.2) is 0 Å². The number of carbonyl (C=O) groups excluding carboxylic acids is 1. The van der Waals surface area contributed by atoms with E-state index in [0.717, 1.165) is 11.4 Å². The van der Waals surface area contributed by atoms with Gasteiger partial charge in [0.05, 0.1) is 11.5 Å². The highest BCUT2D eigenvalue weighted by molar-refractivity contribution is 5.95. The SMILES string of the molecule is Cc1cc(C(=O)NCC(CC(C)C)C(=O)O)c(C)n1C(C)C. The Labute approximate surface area is 132 Å². The monoisotopic (exact) mass is 308 g/mol. The molecule has 0 saturated heterocycles. The third-order valence-electron chi connectivity index (χ3n) is 3.86. The van der Waals surface area contributed by atoms with Gasteiger partial charge in [-0.3, -0.25) is 9.59 Å². The first-order valence-electron chi connectivity index (χ1n) is 7.84. The van der Waals surface area contributed by atoms with Crippen molar-refractivity contribution in [3.63, 3.8) is 0 Å². The highest BCUT2D eigenvalue weighted by Gasteiger charge is 2.22. The fourth-order valence-corrected chi connectivity index (χ4v) is 2.95. The number of nitrogens with zero attached hydrogens (tertiary/aromatic N) is 1. The Kier molecular flexibility index (Phi) is 6.21. The van der Waals surface area contributed by atoms with E-state index < -0.39 is 11.9 Å². The molecule has 1 amide bonds. The molecule has 0 spiro atoms. The molecule has 5 nitrogen and oxygen atoms in total. The molecule has 0 fully saturated rings. The Morgan fingerprint density at radius 2 is 1.82 bits per heavy atom. The fourth-order valence-electron chi connectivity index (χ4n) is 2.95. The summed E-state index contributed by atoms with van der Waals surface area (Å²) < 4.78 is 2.11. The van der Waals surface area contributed by atoms with Gasteiger partial charge in [0.1, 0.15) is 0 Å². The number of aryl methyl sites for hydroxylation is 1. The van der Waals surface area contributed by atoms with E-state index in [1.807, 2.05) is 33.8 Å². The van der Waals surface area contributed by atoms with Crippen LogP contribution in [0.1, 0.15) is 61.9 Å². The molecule has 1 atom stereocenters. The second-order valence-electron chi connectivity index (χ2n) is 6.62. The third-order valence-corrected chi connectivity index (χ3v) is 3.86. The minimum Gasteiger partial charge on any atom is -0.481 e. The van der Waals surface area contributed by atoms with Crippen LogP contribution in [0.2, 0.25) is 0 Å². The van der Waals surface area contributed by atoms with Crippen LogP contribution in [0, 0.1) is 25.7 Å². The van der Waals surface area contributed by atoms with Crippen LogP contribution in [0.3, 0.4) is 0 Å². The standard InChI is InChI=1S/C17H28N2O3/c1-10(2)7-14(17(21)22)9-18-16(20)15-8-12(5)19(11(3)4)13(15)6/h8,10-11,14H,7,9H2,1-6H3,(H,18,20)(H,21,22). The van der Waals surface area contributed by atoms with Crippen molar-refractivity contribution in [2.45, 2.75) is 54.0 Å². The van der Waals surface area contributed by atoms with Crippen molar-refractivity contribution in [3.05, 3.63) is 23.0 Å². The summed E-state index contributed by atoms with van der Waals surface area (Å²) in [6.45, 7) is 12.2. The zero-order valence-electron chi connectivity index (χ0n) is 14.4. The molecule has 5 heteroatoms. The maximum Gasteiger partial charge on any atom is 0.308 e. The van der Waals surface area contributed by atoms with Crippen molar-refractivity contribution in [2.75, 3.05) is 6.54 Å². The lowest BCUT2D eigenvalue weighted by molar-refractivity contribution is -0.142. The van der Waals surface area contributed by atoms with Gasteiger partial charge in [0.25, 0.3) is 5.91 Å². The van der Waals surface area contributed by atoms with Gasteiger partial charge in [0.15, 0.2) is 0 Å². The Hall–Kier alpha value is -1.78. The first-order chi connectivity index (χ1) is 10.1. The summed E-state index contributed by atoms with van der Waals surface area (Å²) in [5, 5.41) is 12.0. The summed E-state index contributed by atoms with van der Waals surface area (Å²) in [7, 11) is 0. The lowest BCUT2D eigenvalue weighted by Crippen LogP contribution is -2.33. The summed E-state index contributed by atoms with van der Waals surface area (Å²) in [6.07, 6.45) is 0.556. The Morgan fingerprint density at radius 3 is 2.23 bits per heavy atom. The molecule has 1 aromatic heterocycles. The molecule has 1 unspecified atom stereocenters. The van der Waals surface area contributed by atoms with Gasteiger partial charge in [0, 0.05) is 24.0 Å². The summed E-state index contributed by atoms with van der Waals surface area (Å²) in [5.41, 5.74) is 2.58. The third kappa shape index (κ3) is 4.36. The Morgan fingerprint density at radius 1 is 1.23 bits per heavy atom. The summed E-state index contributed by atoms with van der Waals surface area (Å²) in [6, 6.07) is 2.15. The predicted molar refractivity (Wildman–Crippen MR) is 87.2 cm³/mol. The molecule has 124 valence electrons. The van der Waals surface area contributed by atoms with Gasteiger partial charge in [-0.2, -0.15) is 0 Å². The van der Waals surface area contributed by atoms with Crippen molar-refractivity contribution < 1.29 is 14.7 Å². The van der Waals surface area contributed by atoms with E-state index in [0.29, 0.717) is 12.0 Å². The maximum absolute atomic E-state index is 12.3. The van der Waals surface area contributed by atoms with Crippen LogP contribution in [0.25, 0.3) is 0 Å². The molecular formula is C17H28N2O3. The maximum atomic E-state index is 12.3. The highest BCUT2D eigenvalue weighted by Crippen LogP contribution is 2.20. The average Bonchev–Trinajstić information content (AvgIpc) is 2.68. The number of nitrogens with one attached hydrogen (secondary N) is 1. The molecule has 1 heterocycles. The smallest absolute Gasteiger partial charge is 0.308 e. The van der Waals surface area contributed by atoms with Crippen molar-refractivity contribution in [2.24, 2.45) is 11.8 Å². The van der Waals surface area contributed by atoms with Gasteiger partial charge in [-0.1, -0.05) is 13.8 Å². The second-order valence-corrected chi connectivity index (χ2v) is 6.62. The highest BCUT2D eigenvalue weighted by atomic mass is 16.4. The minimum atomic E-state index is -0.860. The number of aromatic nitrogens is 1. The topological polar surface area (TPSA) is 71.3 Å². The molecule has 1 rings (SSSR count). The zero-order valence-corrected chi connectivity index (χ0v) is 14.4. The van der Waals surface area contributed by atoms with E-state index in [1.54, 1.807) is 0 Å². The zero-order chi connectivity index (χ0) is 17.0. The number of rotatable bonds is 7. The van der Waals surface area contributed by atoms with Crippen LogP contribution in [-0.4, -0.2) is 28.1 Å². The Bertz CT molecular complexity index is 544. The molecule has 0 aliphatic carbocycles. The molecule has 22 heavy (non-hydrogen) atoms. The van der Waals surface area contributed by atoms with Crippen LogP contribution in [-0.2, 0) is 4.79 Å². The van der Waals surface area contributed by atoms with Gasteiger partial charge in [-0.05, 0) is 46.1 Å². The van der Waals surface area contributed by atoms with E-state index in [-0.39, 0.29) is 24.4 Å². The summed E-state index contributed by atoms with van der Waals surface area (Å²) >= 11 is 0. The van der Waals surface area contributed by atoms with E-state index in [2.05, 4.69) is 23.7 Å². The number of carboxylic acid groups (broad SMARTS) is 1. The van der Waals surface area contributed by atoms with E-state index >= 15 is 0 Å². The molecule has 0 bridgehead atoms. The van der Waals surface area contributed by atoms with Gasteiger partial charge < -0.3 is 15.0 Å². The first-order valence-corrected chi connectivity index (χ1v) is 7.84. The summed E-state index contributed by atoms with van der Waals surface area (Å²) in [4.78, 5) is 23.6. The van der Waals surface area contributed by atoms with E-state index in [4.69, 9.17) is 0 Å². The number of hydrogen-bond donors (Lipinski definition) is 2. The average molecular weight is 308 g/mol. The predicted octanol–water partition coefficient (Wildman–Crippen LogP) is 3.16. The quantitative estimate of drug-likeness (QED) is 0.812. The lowest BCUT2D eigenvalue weighted by atomic mass is 9.97. The number of amides is 1. The molecule has 1 aromatic rings.